The number of amides is 1. The lowest BCUT2D eigenvalue weighted by Crippen LogP contribution is -2.16. The van der Waals surface area contributed by atoms with Gasteiger partial charge in [0.1, 0.15) is 10.7 Å². The predicted molar refractivity (Wildman–Crippen MR) is 118 cm³/mol. The molecule has 3 aromatic rings. The number of H-pyrrole nitrogens is 1. The number of rotatable bonds is 4. The molecular formula is C20H20IN3O2S. The van der Waals surface area contributed by atoms with Crippen molar-refractivity contribution in [3.63, 3.8) is 0 Å². The zero-order chi connectivity index (χ0) is 19.0. The molecule has 2 heterocycles. The number of aromatic amines is 1. The highest BCUT2D eigenvalue weighted by Gasteiger charge is 2.19. The van der Waals surface area contributed by atoms with Crippen LogP contribution in [0.4, 0.5) is 5.69 Å². The molecule has 0 atom stereocenters. The molecule has 0 spiro atoms. The SMILES string of the molecule is Cc1ccc(NC(=O)CCc2nc3sc4c(c3c(=O)[nH]2)CCCC4)cc1I. The first kappa shape index (κ1) is 18.6. The molecule has 0 saturated heterocycles. The Hall–Kier alpha value is -1.74. The summed E-state index contributed by atoms with van der Waals surface area (Å²) in [4.78, 5) is 34.4. The van der Waals surface area contributed by atoms with Crippen molar-refractivity contribution in [2.24, 2.45) is 0 Å². The summed E-state index contributed by atoms with van der Waals surface area (Å²) in [5.41, 5.74) is 3.09. The molecule has 0 aliphatic heterocycles. The minimum absolute atomic E-state index is 0.0668. The van der Waals surface area contributed by atoms with Crippen LogP contribution in [-0.4, -0.2) is 15.9 Å². The van der Waals surface area contributed by atoms with E-state index in [4.69, 9.17) is 0 Å². The fourth-order valence-electron chi connectivity index (χ4n) is 3.45. The van der Waals surface area contributed by atoms with Gasteiger partial charge in [-0.05, 0) is 78.5 Å². The molecule has 1 aliphatic carbocycles. The van der Waals surface area contributed by atoms with Crippen molar-refractivity contribution in [2.75, 3.05) is 5.32 Å². The maximum absolute atomic E-state index is 12.5. The Morgan fingerprint density at radius 2 is 2.15 bits per heavy atom. The molecule has 0 unspecified atom stereocenters. The molecule has 7 heteroatoms. The minimum atomic E-state index is -0.0807. The Kier molecular flexibility index (Phi) is 5.32. The standard InChI is InChI=1S/C20H20IN3O2S/c1-11-6-7-12(10-14(11)21)22-17(25)9-8-16-23-19(26)18-13-4-2-3-5-15(13)27-20(18)24-16/h6-7,10H,2-5,8-9H2,1H3,(H,22,25)(H,23,24,26). The van der Waals surface area contributed by atoms with Crippen molar-refractivity contribution in [3.8, 4) is 0 Å². The van der Waals surface area contributed by atoms with Gasteiger partial charge in [0.2, 0.25) is 5.91 Å². The molecule has 4 rings (SSSR count). The topological polar surface area (TPSA) is 74.8 Å². The number of nitrogens with zero attached hydrogens (tertiary/aromatic N) is 1. The molecule has 2 N–H and O–H groups in total. The molecule has 1 aromatic carbocycles. The van der Waals surface area contributed by atoms with E-state index in [1.807, 2.05) is 25.1 Å². The van der Waals surface area contributed by atoms with Crippen molar-refractivity contribution in [1.82, 2.24) is 9.97 Å². The summed E-state index contributed by atoms with van der Waals surface area (Å²) in [5.74, 6) is 0.502. The molecule has 1 aliphatic rings. The summed E-state index contributed by atoms with van der Waals surface area (Å²) in [7, 11) is 0. The van der Waals surface area contributed by atoms with E-state index < -0.39 is 0 Å². The highest BCUT2D eigenvalue weighted by Crippen LogP contribution is 2.33. The third kappa shape index (κ3) is 3.94. The van der Waals surface area contributed by atoms with Crippen LogP contribution < -0.4 is 10.9 Å². The third-order valence-corrected chi connectivity index (χ3v) is 7.27. The van der Waals surface area contributed by atoms with Gasteiger partial charge < -0.3 is 10.3 Å². The number of halogens is 1. The van der Waals surface area contributed by atoms with E-state index in [0.29, 0.717) is 12.2 Å². The van der Waals surface area contributed by atoms with Crippen molar-refractivity contribution in [3.05, 3.63) is 54.0 Å². The highest BCUT2D eigenvalue weighted by molar-refractivity contribution is 14.1. The number of hydrogen-bond donors (Lipinski definition) is 2. The van der Waals surface area contributed by atoms with Crippen LogP contribution in [0, 0.1) is 10.5 Å². The summed E-state index contributed by atoms with van der Waals surface area (Å²) in [6.07, 6.45) is 5.04. The van der Waals surface area contributed by atoms with E-state index in [1.165, 1.54) is 22.4 Å². The Morgan fingerprint density at radius 1 is 1.33 bits per heavy atom. The van der Waals surface area contributed by atoms with Crippen molar-refractivity contribution in [2.45, 2.75) is 45.4 Å². The van der Waals surface area contributed by atoms with E-state index in [9.17, 15) is 9.59 Å². The van der Waals surface area contributed by atoms with Gasteiger partial charge in [-0.15, -0.1) is 11.3 Å². The quantitative estimate of drug-likeness (QED) is 0.531. The largest absolute Gasteiger partial charge is 0.326 e. The van der Waals surface area contributed by atoms with Crippen LogP contribution in [0.1, 0.15) is 41.1 Å². The summed E-state index contributed by atoms with van der Waals surface area (Å²) in [6.45, 7) is 2.04. The van der Waals surface area contributed by atoms with Crippen molar-refractivity contribution in [1.29, 1.82) is 0 Å². The molecule has 140 valence electrons. The maximum Gasteiger partial charge on any atom is 0.259 e. The maximum atomic E-state index is 12.5. The molecule has 27 heavy (non-hydrogen) atoms. The highest BCUT2D eigenvalue weighted by atomic mass is 127. The van der Waals surface area contributed by atoms with Gasteiger partial charge >= 0.3 is 0 Å². The number of nitrogens with one attached hydrogen (secondary N) is 2. The van der Waals surface area contributed by atoms with Gasteiger partial charge in [0.25, 0.3) is 5.56 Å². The molecular weight excluding hydrogens is 473 g/mol. The second kappa shape index (κ2) is 7.71. The number of thiophene rings is 1. The third-order valence-electron chi connectivity index (χ3n) is 4.92. The lowest BCUT2D eigenvalue weighted by molar-refractivity contribution is -0.116. The number of anilines is 1. The van der Waals surface area contributed by atoms with Crippen LogP contribution in [0.3, 0.4) is 0 Å². The fraction of sp³-hybridized carbons (Fsp3) is 0.350. The van der Waals surface area contributed by atoms with Gasteiger partial charge in [0.15, 0.2) is 0 Å². The Morgan fingerprint density at radius 3 is 2.96 bits per heavy atom. The first-order chi connectivity index (χ1) is 13.0. The lowest BCUT2D eigenvalue weighted by atomic mass is 9.97. The van der Waals surface area contributed by atoms with Gasteiger partial charge in [0.05, 0.1) is 5.39 Å². The number of carbonyl (C=O) groups excluding carboxylic acids is 1. The number of aromatic nitrogens is 2. The van der Waals surface area contributed by atoms with E-state index in [1.54, 1.807) is 11.3 Å². The summed E-state index contributed by atoms with van der Waals surface area (Å²) in [6, 6.07) is 5.84. The monoisotopic (exact) mass is 493 g/mol. The zero-order valence-electron chi connectivity index (χ0n) is 15.0. The Balaban J connectivity index is 1.48. The normalized spacial score (nSPS) is 13.6. The fourth-order valence-corrected chi connectivity index (χ4v) is 5.25. The minimum Gasteiger partial charge on any atom is -0.326 e. The number of aryl methyl sites for hydroxylation is 4. The van der Waals surface area contributed by atoms with Crippen LogP contribution in [0.25, 0.3) is 10.2 Å². The van der Waals surface area contributed by atoms with E-state index in [0.717, 1.165) is 38.7 Å². The molecule has 5 nitrogen and oxygen atoms in total. The smallest absolute Gasteiger partial charge is 0.259 e. The number of fused-ring (bicyclic) bond motifs is 3. The Labute approximate surface area is 174 Å². The van der Waals surface area contributed by atoms with Crippen LogP contribution in [0.2, 0.25) is 0 Å². The van der Waals surface area contributed by atoms with Gasteiger partial charge in [-0.3, -0.25) is 9.59 Å². The van der Waals surface area contributed by atoms with Gasteiger partial charge in [-0.2, -0.15) is 0 Å². The molecule has 2 aromatic heterocycles. The van der Waals surface area contributed by atoms with E-state index >= 15 is 0 Å². The van der Waals surface area contributed by atoms with Gasteiger partial charge in [0, 0.05) is 27.0 Å². The average molecular weight is 493 g/mol. The van der Waals surface area contributed by atoms with Crippen LogP contribution >= 0.6 is 33.9 Å². The Bertz CT molecular complexity index is 1090. The number of hydrogen-bond acceptors (Lipinski definition) is 4. The molecule has 0 bridgehead atoms. The molecule has 0 radical (unpaired) electrons. The molecule has 1 amide bonds. The first-order valence-corrected chi connectivity index (χ1v) is 11.0. The van der Waals surface area contributed by atoms with Gasteiger partial charge in [-0.1, -0.05) is 6.07 Å². The second-order valence-electron chi connectivity index (χ2n) is 6.92. The average Bonchev–Trinajstić information content (AvgIpc) is 3.02. The second-order valence-corrected chi connectivity index (χ2v) is 9.16. The van der Waals surface area contributed by atoms with Crippen LogP contribution in [-0.2, 0) is 24.1 Å². The summed E-state index contributed by atoms with van der Waals surface area (Å²) in [5, 5.41) is 3.67. The molecule has 0 fully saturated rings. The lowest BCUT2D eigenvalue weighted by Gasteiger charge is -2.09. The molecule has 0 saturated carbocycles. The van der Waals surface area contributed by atoms with E-state index in [2.05, 4.69) is 37.9 Å². The zero-order valence-corrected chi connectivity index (χ0v) is 18.0. The predicted octanol–water partition coefficient (Wildman–Crippen LogP) is 4.35. The number of carbonyl (C=O) groups is 1. The van der Waals surface area contributed by atoms with E-state index in [-0.39, 0.29) is 17.9 Å². The van der Waals surface area contributed by atoms with Crippen LogP contribution in [0.15, 0.2) is 23.0 Å². The van der Waals surface area contributed by atoms with Gasteiger partial charge in [-0.25, -0.2) is 4.98 Å². The summed E-state index contributed by atoms with van der Waals surface area (Å²) < 4.78 is 1.11. The first-order valence-electron chi connectivity index (χ1n) is 9.10. The van der Waals surface area contributed by atoms with Crippen molar-refractivity contribution >= 4 is 55.7 Å². The number of benzene rings is 1. The van der Waals surface area contributed by atoms with Crippen molar-refractivity contribution < 1.29 is 4.79 Å². The van der Waals surface area contributed by atoms with Crippen LogP contribution in [0.5, 0.6) is 0 Å². The summed E-state index contributed by atoms with van der Waals surface area (Å²) >= 11 is 3.89.